The summed E-state index contributed by atoms with van der Waals surface area (Å²) in [5, 5.41) is 5.92. The average Bonchev–Trinajstić information content (AvgIpc) is 3.38. The minimum absolute atomic E-state index is 0.0888. The van der Waals surface area contributed by atoms with Gasteiger partial charge < -0.3 is 15.2 Å². The van der Waals surface area contributed by atoms with E-state index in [1.807, 2.05) is 17.6 Å². The fraction of sp³-hybridized carbons (Fsp3) is 0.450. The van der Waals surface area contributed by atoms with E-state index < -0.39 is 0 Å². The summed E-state index contributed by atoms with van der Waals surface area (Å²) in [6, 6.07) is 5.42. The molecule has 2 aromatic rings. The first-order valence-corrected chi connectivity index (χ1v) is 9.36. The third-order valence-corrected chi connectivity index (χ3v) is 5.20. The molecule has 4 rings (SSSR count). The number of benzene rings is 1. The van der Waals surface area contributed by atoms with Crippen LogP contribution < -0.4 is 10.6 Å². The first-order chi connectivity index (χ1) is 12.6. The van der Waals surface area contributed by atoms with E-state index in [2.05, 4.69) is 15.6 Å². The topological polar surface area (TPSA) is 76.0 Å². The van der Waals surface area contributed by atoms with Crippen LogP contribution in [0.5, 0.6) is 0 Å². The van der Waals surface area contributed by atoms with Crippen LogP contribution in [0.4, 0.5) is 5.69 Å². The molecule has 0 radical (unpaired) electrons. The number of amides is 2. The van der Waals surface area contributed by atoms with Crippen LogP contribution >= 0.6 is 0 Å². The van der Waals surface area contributed by atoms with Crippen molar-refractivity contribution < 1.29 is 9.59 Å². The van der Waals surface area contributed by atoms with Crippen LogP contribution in [0.2, 0.25) is 0 Å². The lowest BCUT2D eigenvalue weighted by molar-refractivity contribution is 0.0950. The molecule has 2 N–H and O–H groups in total. The lowest BCUT2D eigenvalue weighted by Gasteiger charge is -2.16. The molecule has 0 unspecified atom stereocenters. The van der Waals surface area contributed by atoms with Crippen LogP contribution in [-0.2, 0) is 13.0 Å². The normalized spacial score (nSPS) is 16.0. The summed E-state index contributed by atoms with van der Waals surface area (Å²) < 4.78 is 2.00. The molecule has 2 aliphatic rings. The van der Waals surface area contributed by atoms with Gasteiger partial charge in [0.05, 0.1) is 6.20 Å². The SMILES string of the molecule is Cc1ccc(C(=O)NCC2CC2)cc1NC(=O)c1cnc2n1CCCC2. The number of hydrogen-bond donors (Lipinski definition) is 2. The van der Waals surface area contributed by atoms with Gasteiger partial charge in [-0.1, -0.05) is 6.07 Å². The Bertz CT molecular complexity index is 851. The van der Waals surface area contributed by atoms with E-state index in [1.165, 1.54) is 12.8 Å². The summed E-state index contributed by atoms with van der Waals surface area (Å²) >= 11 is 0. The molecule has 2 heterocycles. The maximum atomic E-state index is 12.7. The minimum Gasteiger partial charge on any atom is -0.352 e. The second-order valence-electron chi connectivity index (χ2n) is 7.31. The second kappa shape index (κ2) is 6.94. The number of aryl methyl sites for hydroxylation is 2. The molecule has 1 aliphatic carbocycles. The highest BCUT2D eigenvalue weighted by Gasteiger charge is 2.22. The molecule has 6 heteroatoms. The van der Waals surface area contributed by atoms with Gasteiger partial charge in [0.2, 0.25) is 0 Å². The van der Waals surface area contributed by atoms with Crippen molar-refractivity contribution in [1.29, 1.82) is 0 Å². The average molecular weight is 352 g/mol. The number of nitrogens with zero attached hydrogens (tertiary/aromatic N) is 2. The Labute approximate surface area is 153 Å². The smallest absolute Gasteiger partial charge is 0.273 e. The Morgan fingerprint density at radius 3 is 2.88 bits per heavy atom. The van der Waals surface area contributed by atoms with E-state index in [1.54, 1.807) is 18.3 Å². The zero-order chi connectivity index (χ0) is 18.1. The highest BCUT2D eigenvalue weighted by molar-refractivity contribution is 6.04. The van der Waals surface area contributed by atoms with Crippen molar-refractivity contribution in [3.05, 3.63) is 47.0 Å². The fourth-order valence-electron chi connectivity index (χ4n) is 3.34. The summed E-state index contributed by atoms with van der Waals surface area (Å²) in [4.78, 5) is 29.4. The van der Waals surface area contributed by atoms with E-state index in [4.69, 9.17) is 0 Å². The number of anilines is 1. The molecule has 136 valence electrons. The maximum Gasteiger partial charge on any atom is 0.273 e. The predicted octanol–water partition coefficient (Wildman–Crippen LogP) is 2.92. The lowest BCUT2D eigenvalue weighted by Crippen LogP contribution is -2.26. The molecule has 1 saturated carbocycles. The Hall–Kier alpha value is -2.63. The van der Waals surface area contributed by atoms with Gasteiger partial charge in [0.1, 0.15) is 11.5 Å². The number of hydrogen-bond acceptors (Lipinski definition) is 3. The van der Waals surface area contributed by atoms with Crippen LogP contribution in [0.15, 0.2) is 24.4 Å². The Morgan fingerprint density at radius 1 is 1.23 bits per heavy atom. The van der Waals surface area contributed by atoms with Crippen molar-refractivity contribution in [3.63, 3.8) is 0 Å². The van der Waals surface area contributed by atoms with E-state index in [0.29, 0.717) is 22.9 Å². The van der Waals surface area contributed by atoms with Crippen molar-refractivity contribution in [3.8, 4) is 0 Å². The van der Waals surface area contributed by atoms with Crippen molar-refractivity contribution in [2.45, 2.75) is 45.6 Å². The number of fused-ring (bicyclic) bond motifs is 1. The highest BCUT2D eigenvalue weighted by Crippen LogP contribution is 2.27. The van der Waals surface area contributed by atoms with Crippen LogP contribution in [0.1, 0.15) is 57.9 Å². The van der Waals surface area contributed by atoms with Gasteiger partial charge in [-0.05, 0) is 56.2 Å². The zero-order valence-corrected chi connectivity index (χ0v) is 15.0. The summed E-state index contributed by atoms with van der Waals surface area (Å²) in [6.07, 6.45) is 7.16. The number of rotatable bonds is 5. The maximum absolute atomic E-state index is 12.7. The van der Waals surface area contributed by atoms with Gasteiger partial charge in [0, 0.05) is 30.8 Å². The van der Waals surface area contributed by atoms with Gasteiger partial charge in [-0.15, -0.1) is 0 Å². The van der Waals surface area contributed by atoms with Gasteiger partial charge in [-0.25, -0.2) is 4.98 Å². The van der Waals surface area contributed by atoms with Crippen molar-refractivity contribution in [1.82, 2.24) is 14.9 Å². The van der Waals surface area contributed by atoms with Gasteiger partial charge in [-0.3, -0.25) is 9.59 Å². The molecule has 0 spiro atoms. The molecule has 26 heavy (non-hydrogen) atoms. The molecule has 1 aromatic carbocycles. The summed E-state index contributed by atoms with van der Waals surface area (Å²) in [6.45, 7) is 3.49. The number of aromatic nitrogens is 2. The minimum atomic E-state index is -0.177. The lowest BCUT2D eigenvalue weighted by atomic mass is 10.1. The molecular weight excluding hydrogens is 328 g/mol. The third-order valence-electron chi connectivity index (χ3n) is 5.20. The number of carbonyl (C=O) groups is 2. The Balaban J connectivity index is 1.50. The number of carbonyl (C=O) groups excluding carboxylic acids is 2. The molecule has 1 aromatic heterocycles. The number of imidazole rings is 1. The van der Waals surface area contributed by atoms with Crippen molar-refractivity contribution in [2.75, 3.05) is 11.9 Å². The van der Waals surface area contributed by atoms with Crippen molar-refractivity contribution in [2.24, 2.45) is 5.92 Å². The quantitative estimate of drug-likeness (QED) is 0.869. The third kappa shape index (κ3) is 3.49. The molecule has 0 bridgehead atoms. The molecule has 2 amide bonds. The van der Waals surface area contributed by atoms with Gasteiger partial charge >= 0.3 is 0 Å². The fourth-order valence-corrected chi connectivity index (χ4v) is 3.34. The van der Waals surface area contributed by atoms with E-state index in [9.17, 15) is 9.59 Å². The first-order valence-electron chi connectivity index (χ1n) is 9.36. The van der Waals surface area contributed by atoms with Crippen LogP contribution in [0.25, 0.3) is 0 Å². The second-order valence-corrected chi connectivity index (χ2v) is 7.31. The van der Waals surface area contributed by atoms with E-state index >= 15 is 0 Å². The zero-order valence-electron chi connectivity index (χ0n) is 15.0. The molecule has 1 aliphatic heterocycles. The summed E-state index contributed by atoms with van der Waals surface area (Å²) in [7, 11) is 0. The van der Waals surface area contributed by atoms with Crippen LogP contribution in [0, 0.1) is 12.8 Å². The van der Waals surface area contributed by atoms with Crippen LogP contribution in [-0.4, -0.2) is 27.9 Å². The molecule has 1 fully saturated rings. The standard InChI is InChI=1S/C20H24N4O2/c1-13-5-8-15(19(25)22-11-14-6-7-14)10-16(13)23-20(26)17-12-21-18-4-2-3-9-24(17)18/h5,8,10,12,14H,2-4,6-7,9,11H2,1H3,(H,22,25)(H,23,26). The van der Waals surface area contributed by atoms with Gasteiger partial charge in [0.25, 0.3) is 11.8 Å². The van der Waals surface area contributed by atoms with Gasteiger partial charge in [-0.2, -0.15) is 0 Å². The Kier molecular flexibility index (Phi) is 4.49. The first kappa shape index (κ1) is 16.8. The monoisotopic (exact) mass is 352 g/mol. The van der Waals surface area contributed by atoms with E-state index in [-0.39, 0.29) is 11.8 Å². The largest absolute Gasteiger partial charge is 0.352 e. The predicted molar refractivity (Wildman–Crippen MR) is 99.4 cm³/mol. The molecular formula is C20H24N4O2. The number of nitrogens with one attached hydrogen (secondary N) is 2. The van der Waals surface area contributed by atoms with Gasteiger partial charge in [0.15, 0.2) is 0 Å². The molecule has 0 atom stereocenters. The Morgan fingerprint density at radius 2 is 2.08 bits per heavy atom. The molecule has 6 nitrogen and oxygen atoms in total. The highest BCUT2D eigenvalue weighted by atomic mass is 16.2. The van der Waals surface area contributed by atoms with Crippen LogP contribution in [0.3, 0.4) is 0 Å². The van der Waals surface area contributed by atoms with Crippen molar-refractivity contribution >= 4 is 17.5 Å². The summed E-state index contributed by atoms with van der Waals surface area (Å²) in [5.41, 5.74) is 2.75. The summed E-state index contributed by atoms with van der Waals surface area (Å²) in [5.74, 6) is 1.35. The van der Waals surface area contributed by atoms with E-state index in [0.717, 1.165) is 43.7 Å². The molecule has 0 saturated heterocycles.